The van der Waals surface area contributed by atoms with Crippen LogP contribution in [-0.2, 0) is 10.0 Å². The first-order valence-corrected chi connectivity index (χ1v) is 11.1. The molecule has 7 heteroatoms. The van der Waals surface area contributed by atoms with Crippen molar-refractivity contribution in [3.8, 4) is 28.5 Å². The Kier molecular flexibility index (Phi) is 5.52. The van der Waals surface area contributed by atoms with Crippen molar-refractivity contribution in [2.45, 2.75) is 18.7 Å². The average molecular weight is 435 g/mol. The van der Waals surface area contributed by atoms with E-state index in [-0.39, 0.29) is 4.90 Å². The third kappa shape index (κ3) is 4.46. The molecule has 0 fully saturated rings. The van der Waals surface area contributed by atoms with Crippen LogP contribution < -0.4 is 9.46 Å². The number of ether oxygens (including phenoxy) is 1. The van der Waals surface area contributed by atoms with Gasteiger partial charge in [-0.2, -0.15) is 0 Å². The highest BCUT2D eigenvalue weighted by Crippen LogP contribution is 2.28. The van der Waals surface area contributed by atoms with Gasteiger partial charge in [-0.3, -0.25) is 4.72 Å². The van der Waals surface area contributed by atoms with Gasteiger partial charge in [0.2, 0.25) is 5.89 Å². The van der Waals surface area contributed by atoms with Crippen LogP contribution in [0.15, 0.2) is 82.3 Å². The van der Waals surface area contributed by atoms with E-state index in [4.69, 9.17) is 9.15 Å². The number of aromatic nitrogens is 1. The summed E-state index contributed by atoms with van der Waals surface area (Å²) in [7, 11) is -2.24. The minimum atomic E-state index is -3.73. The number of rotatable bonds is 6. The highest BCUT2D eigenvalue weighted by molar-refractivity contribution is 7.92. The molecule has 1 N–H and O–H groups in total. The van der Waals surface area contributed by atoms with Crippen LogP contribution in [0.2, 0.25) is 0 Å². The molecule has 6 nitrogen and oxygen atoms in total. The lowest BCUT2D eigenvalue weighted by molar-refractivity contribution is 0.413. The standard InChI is InChI=1S/C24H22N2O4S/c1-16-7-12-22(17(2)13-16)23-15-30-24(25-23)18-8-10-19(11-9-18)26-31(27,28)21-6-4-5-20(14-21)29-3/h4-15,26H,1-3H3. The molecule has 1 heterocycles. The first-order valence-electron chi connectivity index (χ1n) is 9.66. The number of hydrogen-bond donors (Lipinski definition) is 1. The van der Waals surface area contributed by atoms with E-state index in [1.165, 1.54) is 24.8 Å². The van der Waals surface area contributed by atoms with Crippen LogP contribution in [0.1, 0.15) is 11.1 Å². The van der Waals surface area contributed by atoms with Crippen molar-refractivity contribution in [1.82, 2.24) is 4.98 Å². The van der Waals surface area contributed by atoms with Gasteiger partial charge in [-0.05, 0) is 55.8 Å². The van der Waals surface area contributed by atoms with Crippen molar-refractivity contribution in [3.05, 3.63) is 84.1 Å². The third-order valence-corrected chi connectivity index (χ3v) is 6.28. The SMILES string of the molecule is COc1cccc(S(=O)(=O)Nc2ccc(-c3nc(-c4ccc(C)cc4C)co3)cc2)c1. The maximum absolute atomic E-state index is 12.6. The van der Waals surface area contributed by atoms with E-state index in [2.05, 4.69) is 22.7 Å². The molecular formula is C24H22N2O4S. The van der Waals surface area contributed by atoms with Crippen LogP contribution in [0.5, 0.6) is 5.75 Å². The number of benzene rings is 3. The molecule has 31 heavy (non-hydrogen) atoms. The van der Waals surface area contributed by atoms with E-state index in [9.17, 15) is 8.42 Å². The summed E-state index contributed by atoms with van der Waals surface area (Å²) < 4.78 is 38.6. The Bertz CT molecular complexity index is 1330. The molecule has 4 aromatic rings. The second kappa shape index (κ2) is 8.28. The van der Waals surface area contributed by atoms with E-state index in [1.54, 1.807) is 42.7 Å². The molecule has 0 aliphatic heterocycles. The lowest BCUT2D eigenvalue weighted by atomic mass is 10.0. The fourth-order valence-corrected chi connectivity index (χ4v) is 4.39. The Labute approximate surface area is 181 Å². The van der Waals surface area contributed by atoms with E-state index in [1.807, 2.05) is 19.1 Å². The summed E-state index contributed by atoms with van der Waals surface area (Å²) in [5.41, 5.74) is 5.28. The van der Waals surface area contributed by atoms with Gasteiger partial charge < -0.3 is 9.15 Å². The fraction of sp³-hybridized carbons (Fsp3) is 0.125. The van der Waals surface area contributed by atoms with E-state index in [0.29, 0.717) is 17.3 Å². The maximum Gasteiger partial charge on any atom is 0.262 e. The number of anilines is 1. The lowest BCUT2D eigenvalue weighted by Gasteiger charge is -2.09. The van der Waals surface area contributed by atoms with Crippen molar-refractivity contribution < 1.29 is 17.6 Å². The van der Waals surface area contributed by atoms with Crippen molar-refractivity contribution in [2.24, 2.45) is 0 Å². The first kappa shape index (κ1) is 20.7. The van der Waals surface area contributed by atoms with Crippen molar-refractivity contribution >= 4 is 15.7 Å². The monoisotopic (exact) mass is 434 g/mol. The van der Waals surface area contributed by atoms with Crippen LogP contribution in [-0.4, -0.2) is 20.5 Å². The molecule has 1 aromatic heterocycles. The van der Waals surface area contributed by atoms with Crippen LogP contribution in [0, 0.1) is 13.8 Å². The Morgan fingerprint density at radius 1 is 0.968 bits per heavy atom. The molecule has 158 valence electrons. The molecule has 3 aromatic carbocycles. The third-order valence-electron chi connectivity index (χ3n) is 4.90. The number of sulfonamides is 1. The van der Waals surface area contributed by atoms with Crippen molar-refractivity contribution in [3.63, 3.8) is 0 Å². The zero-order valence-corrected chi connectivity index (χ0v) is 18.2. The zero-order chi connectivity index (χ0) is 22.0. The maximum atomic E-state index is 12.6. The topological polar surface area (TPSA) is 81.4 Å². The van der Waals surface area contributed by atoms with Gasteiger partial charge in [-0.15, -0.1) is 0 Å². The van der Waals surface area contributed by atoms with Gasteiger partial charge in [0, 0.05) is 22.9 Å². The Morgan fingerprint density at radius 2 is 1.74 bits per heavy atom. The molecule has 0 saturated carbocycles. The Hall–Kier alpha value is -3.58. The Balaban J connectivity index is 1.54. The molecule has 0 spiro atoms. The number of nitrogens with one attached hydrogen (secondary N) is 1. The first-order chi connectivity index (χ1) is 14.9. The van der Waals surface area contributed by atoms with Gasteiger partial charge in [0.05, 0.1) is 12.0 Å². The number of oxazole rings is 1. The molecule has 0 aliphatic rings. The van der Waals surface area contributed by atoms with Crippen LogP contribution >= 0.6 is 0 Å². The minimum Gasteiger partial charge on any atom is -0.497 e. The highest BCUT2D eigenvalue weighted by Gasteiger charge is 2.16. The summed E-state index contributed by atoms with van der Waals surface area (Å²) in [6, 6.07) is 19.4. The molecular weight excluding hydrogens is 412 g/mol. The van der Waals surface area contributed by atoms with E-state index in [0.717, 1.165) is 22.4 Å². The molecule has 4 rings (SSSR count). The van der Waals surface area contributed by atoms with Crippen LogP contribution in [0.3, 0.4) is 0 Å². The normalized spacial score (nSPS) is 11.3. The number of hydrogen-bond acceptors (Lipinski definition) is 5. The highest BCUT2D eigenvalue weighted by atomic mass is 32.2. The summed E-state index contributed by atoms with van der Waals surface area (Å²) in [5, 5.41) is 0. The number of nitrogens with zero attached hydrogens (tertiary/aromatic N) is 1. The summed E-state index contributed by atoms with van der Waals surface area (Å²) in [5.74, 6) is 0.943. The van der Waals surface area contributed by atoms with Crippen LogP contribution in [0.25, 0.3) is 22.7 Å². The molecule has 0 unspecified atom stereocenters. The molecule has 0 saturated heterocycles. The molecule has 0 amide bonds. The van der Waals surface area contributed by atoms with Crippen LogP contribution in [0.4, 0.5) is 5.69 Å². The van der Waals surface area contributed by atoms with Gasteiger partial charge in [-0.1, -0.05) is 29.8 Å². The molecule has 0 bridgehead atoms. The van der Waals surface area contributed by atoms with Gasteiger partial charge in [-0.25, -0.2) is 13.4 Å². The van der Waals surface area contributed by atoms with Crippen molar-refractivity contribution in [2.75, 3.05) is 11.8 Å². The second-order valence-corrected chi connectivity index (χ2v) is 8.90. The van der Waals surface area contributed by atoms with Gasteiger partial charge >= 0.3 is 0 Å². The Morgan fingerprint density at radius 3 is 2.45 bits per heavy atom. The number of methoxy groups -OCH3 is 1. The summed E-state index contributed by atoms with van der Waals surface area (Å²) in [4.78, 5) is 4.72. The van der Waals surface area contributed by atoms with Gasteiger partial charge in [0.15, 0.2) is 0 Å². The summed E-state index contributed by atoms with van der Waals surface area (Å²) in [6.07, 6.45) is 1.63. The van der Waals surface area contributed by atoms with Gasteiger partial charge in [0.1, 0.15) is 17.7 Å². The van der Waals surface area contributed by atoms with Gasteiger partial charge in [0.25, 0.3) is 10.0 Å². The zero-order valence-electron chi connectivity index (χ0n) is 17.4. The molecule has 0 aliphatic carbocycles. The lowest BCUT2D eigenvalue weighted by Crippen LogP contribution is -2.12. The average Bonchev–Trinajstić information content (AvgIpc) is 3.24. The van der Waals surface area contributed by atoms with Crippen molar-refractivity contribution in [1.29, 1.82) is 0 Å². The largest absolute Gasteiger partial charge is 0.497 e. The summed E-state index contributed by atoms with van der Waals surface area (Å²) >= 11 is 0. The minimum absolute atomic E-state index is 0.127. The molecule has 0 atom stereocenters. The second-order valence-electron chi connectivity index (χ2n) is 7.22. The quantitative estimate of drug-likeness (QED) is 0.437. The fourth-order valence-electron chi connectivity index (χ4n) is 3.29. The van der Waals surface area contributed by atoms with E-state index < -0.39 is 10.0 Å². The smallest absolute Gasteiger partial charge is 0.262 e. The predicted octanol–water partition coefficient (Wildman–Crippen LogP) is 5.43. The predicted molar refractivity (Wildman–Crippen MR) is 121 cm³/mol. The molecule has 0 radical (unpaired) electrons. The summed E-state index contributed by atoms with van der Waals surface area (Å²) in [6.45, 7) is 4.09. The van der Waals surface area contributed by atoms with E-state index >= 15 is 0 Å². The number of aryl methyl sites for hydroxylation is 2.